The van der Waals surface area contributed by atoms with Crippen molar-refractivity contribution in [3.05, 3.63) is 0 Å². The summed E-state index contributed by atoms with van der Waals surface area (Å²) in [6.07, 6.45) is 4.09. The summed E-state index contributed by atoms with van der Waals surface area (Å²) in [5, 5.41) is 3.56. The van der Waals surface area contributed by atoms with Crippen LogP contribution in [0.3, 0.4) is 0 Å². The summed E-state index contributed by atoms with van der Waals surface area (Å²) in [5.41, 5.74) is 0.244. The molecule has 0 spiro atoms. The molecule has 108 valence electrons. The van der Waals surface area contributed by atoms with E-state index in [0.717, 1.165) is 19.7 Å². The third-order valence-electron chi connectivity index (χ3n) is 3.56. The minimum Gasteiger partial charge on any atom is -0.377 e. The van der Waals surface area contributed by atoms with Crippen molar-refractivity contribution < 1.29 is 4.74 Å². The van der Waals surface area contributed by atoms with Gasteiger partial charge in [-0.2, -0.15) is 0 Å². The van der Waals surface area contributed by atoms with Crippen LogP contribution in [0.2, 0.25) is 0 Å². The molecular weight excluding hydrogens is 224 g/mol. The molecule has 2 atom stereocenters. The van der Waals surface area contributed by atoms with Gasteiger partial charge in [0.2, 0.25) is 0 Å². The van der Waals surface area contributed by atoms with Gasteiger partial charge >= 0.3 is 0 Å². The smallest absolute Gasteiger partial charge is 0.0673 e. The highest BCUT2D eigenvalue weighted by Crippen LogP contribution is 2.12. The number of hydrogen-bond donors (Lipinski definition) is 1. The van der Waals surface area contributed by atoms with Crippen LogP contribution < -0.4 is 5.32 Å². The number of ether oxygens (including phenoxy) is 1. The molecule has 1 N–H and O–H groups in total. The topological polar surface area (TPSA) is 24.5 Å². The van der Waals surface area contributed by atoms with Crippen molar-refractivity contribution in [2.24, 2.45) is 0 Å². The van der Waals surface area contributed by atoms with E-state index in [1.54, 1.807) is 0 Å². The molecule has 2 unspecified atom stereocenters. The van der Waals surface area contributed by atoms with Crippen LogP contribution >= 0.6 is 0 Å². The van der Waals surface area contributed by atoms with E-state index in [2.05, 4.69) is 44.8 Å². The van der Waals surface area contributed by atoms with Gasteiger partial charge < -0.3 is 10.1 Å². The fourth-order valence-electron chi connectivity index (χ4n) is 2.47. The van der Waals surface area contributed by atoms with Crippen LogP contribution in [-0.2, 0) is 4.74 Å². The SMILES string of the molecule is CC1CN(C(C)CCCNC(C)(C)C)CCCO1. The lowest BCUT2D eigenvalue weighted by molar-refractivity contribution is 0.0611. The van der Waals surface area contributed by atoms with Gasteiger partial charge in [-0.05, 0) is 60.4 Å². The minimum atomic E-state index is 0.244. The van der Waals surface area contributed by atoms with Crippen LogP contribution in [0.5, 0.6) is 0 Å². The molecule has 0 amide bonds. The van der Waals surface area contributed by atoms with E-state index >= 15 is 0 Å². The molecule has 0 bridgehead atoms. The number of nitrogens with one attached hydrogen (secondary N) is 1. The lowest BCUT2D eigenvalue weighted by atomic mass is 10.1. The molecule has 1 heterocycles. The van der Waals surface area contributed by atoms with Gasteiger partial charge in [0, 0.05) is 31.3 Å². The Morgan fingerprint density at radius 3 is 2.78 bits per heavy atom. The molecule has 1 aliphatic heterocycles. The Kier molecular flexibility index (Phi) is 6.61. The van der Waals surface area contributed by atoms with Gasteiger partial charge in [0.25, 0.3) is 0 Å². The first kappa shape index (κ1) is 15.9. The zero-order valence-electron chi connectivity index (χ0n) is 13.0. The van der Waals surface area contributed by atoms with Gasteiger partial charge in [-0.25, -0.2) is 0 Å². The zero-order chi connectivity index (χ0) is 13.6. The van der Waals surface area contributed by atoms with Gasteiger partial charge in [0.15, 0.2) is 0 Å². The second-order valence-electron chi connectivity index (χ2n) is 6.70. The normalized spacial score (nSPS) is 24.8. The molecular formula is C15H32N2O. The Morgan fingerprint density at radius 2 is 2.11 bits per heavy atom. The Morgan fingerprint density at radius 1 is 1.39 bits per heavy atom. The maximum atomic E-state index is 5.70. The van der Waals surface area contributed by atoms with Crippen molar-refractivity contribution in [3.63, 3.8) is 0 Å². The molecule has 0 aliphatic carbocycles. The first-order chi connectivity index (χ1) is 8.38. The van der Waals surface area contributed by atoms with Gasteiger partial charge in [-0.15, -0.1) is 0 Å². The lowest BCUT2D eigenvalue weighted by Gasteiger charge is -2.29. The maximum absolute atomic E-state index is 5.70. The summed E-state index contributed by atoms with van der Waals surface area (Å²) in [6, 6.07) is 0.677. The van der Waals surface area contributed by atoms with E-state index in [4.69, 9.17) is 4.74 Å². The van der Waals surface area contributed by atoms with Crippen molar-refractivity contribution in [2.75, 3.05) is 26.2 Å². The highest BCUT2D eigenvalue weighted by atomic mass is 16.5. The molecule has 0 radical (unpaired) electrons. The predicted octanol–water partition coefficient (Wildman–Crippen LogP) is 2.65. The van der Waals surface area contributed by atoms with E-state index in [1.807, 2.05) is 0 Å². The van der Waals surface area contributed by atoms with E-state index in [1.165, 1.54) is 25.8 Å². The fraction of sp³-hybridized carbons (Fsp3) is 1.00. The highest BCUT2D eigenvalue weighted by Gasteiger charge is 2.19. The second kappa shape index (κ2) is 7.46. The van der Waals surface area contributed by atoms with Crippen LogP contribution in [0.1, 0.15) is 53.9 Å². The summed E-state index contributed by atoms with van der Waals surface area (Å²) in [5.74, 6) is 0. The minimum absolute atomic E-state index is 0.244. The first-order valence-corrected chi connectivity index (χ1v) is 7.49. The van der Waals surface area contributed by atoms with Gasteiger partial charge in [-0.3, -0.25) is 4.90 Å². The molecule has 1 fully saturated rings. The molecule has 1 aliphatic rings. The van der Waals surface area contributed by atoms with Gasteiger partial charge in [-0.1, -0.05) is 0 Å². The maximum Gasteiger partial charge on any atom is 0.0673 e. The van der Waals surface area contributed by atoms with E-state index in [-0.39, 0.29) is 5.54 Å². The Bertz CT molecular complexity index is 225. The monoisotopic (exact) mass is 256 g/mol. The molecule has 0 saturated carbocycles. The van der Waals surface area contributed by atoms with Crippen LogP contribution in [0.15, 0.2) is 0 Å². The van der Waals surface area contributed by atoms with E-state index < -0.39 is 0 Å². The third-order valence-corrected chi connectivity index (χ3v) is 3.56. The van der Waals surface area contributed by atoms with Crippen LogP contribution in [-0.4, -0.2) is 48.8 Å². The first-order valence-electron chi connectivity index (χ1n) is 7.49. The number of nitrogens with zero attached hydrogens (tertiary/aromatic N) is 1. The summed E-state index contributed by atoms with van der Waals surface area (Å²) < 4.78 is 5.70. The Balaban J connectivity index is 2.20. The van der Waals surface area contributed by atoms with Crippen molar-refractivity contribution in [1.29, 1.82) is 0 Å². The van der Waals surface area contributed by atoms with Crippen molar-refractivity contribution >= 4 is 0 Å². The highest BCUT2D eigenvalue weighted by molar-refractivity contribution is 4.74. The molecule has 0 aromatic heterocycles. The average Bonchev–Trinajstić information content (AvgIpc) is 2.47. The third kappa shape index (κ3) is 6.72. The van der Waals surface area contributed by atoms with Crippen molar-refractivity contribution in [3.8, 4) is 0 Å². The zero-order valence-corrected chi connectivity index (χ0v) is 13.0. The summed E-state index contributed by atoms with van der Waals surface area (Å²) in [4.78, 5) is 2.59. The number of rotatable bonds is 5. The van der Waals surface area contributed by atoms with E-state index in [0.29, 0.717) is 12.1 Å². The molecule has 18 heavy (non-hydrogen) atoms. The average molecular weight is 256 g/mol. The molecule has 1 saturated heterocycles. The molecule has 1 rings (SSSR count). The summed E-state index contributed by atoms with van der Waals surface area (Å²) in [6.45, 7) is 15.6. The number of hydrogen-bond acceptors (Lipinski definition) is 3. The standard InChI is InChI=1S/C15H32N2O/c1-13(8-6-9-16-15(3,4)5)17-10-7-11-18-14(2)12-17/h13-14,16H,6-12H2,1-5H3. The fourth-order valence-corrected chi connectivity index (χ4v) is 2.47. The second-order valence-corrected chi connectivity index (χ2v) is 6.70. The Hall–Kier alpha value is -0.120. The Labute approximate surface area is 113 Å². The predicted molar refractivity (Wildman–Crippen MR) is 78.1 cm³/mol. The van der Waals surface area contributed by atoms with Crippen molar-refractivity contribution in [1.82, 2.24) is 10.2 Å². The lowest BCUT2D eigenvalue weighted by Crippen LogP contribution is -2.39. The molecule has 0 aromatic rings. The van der Waals surface area contributed by atoms with Crippen LogP contribution in [0.4, 0.5) is 0 Å². The molecule has 3 heteroatoms. The summed E-state index contributed by atoms with van der Waals surface area (Å²) >= 11 is 0. The van der Waals surface area contributed by atoms with Crippen molar-refractivity contribution in [2.45, 2.75) is 71.6 Å². The van der Waals surface area contributed by atoms with Crippen LogP contribution in [0.25, 0.3) is 0 Å². The molecule has 3 nitrogen and oxygen atoms in total. The quantitative estimate of drug-likeness (QED) is 0.765. The van der Waals surface area contributed by atoms with Gasteiger partial charge in [0.05, 0.1) is 6.10 Å². The summed E-state index contributed by atoms with van der Waals surface area (Å²) in [7, 11) is 0. The molecule has 0 aromatic carbocycles. The van der Waals surface area contributed by atoms with Gasteiger partial charge in [0.1, 0.15) is 0 Å². The van der Waals surface area contributed by atoms with Crippen LogP contribution in [0, 0.1) is 0 Å². The largest absolute Gasteiger partial charge is 0.377 e. The van der Waals surface area contributed by atoms with E-state index in [9.17, 15) is 0 Å².